The number of nitrogens with one attached hydrogen (secondary N) is 1. The molecule has 6 heteroatoms. The number of aromatic nitrogens is 1. The van der Waals surface area contributed by atoms with Crippen molar-refractivity contribution in [1.29, 1.82) is 0 Å². The Labute approximate surface area is 117 Å². The molecule has 1 rings (SSSR count). The van der Waals surface area contributed by atoms with E-state index in [-0.39, 0.29) is 22.0 Å². The summed E-state index contributed by atoms with van der Waals surface area (Å²) in [7, 11) is 0. The van der Waals surface area contributed by atoms with Crippen LogP contribution in [0.2, 0.25) is 0 Å². The zero-order chi connectivity index (χ0) is 14.5. The minimum atomic E-state index is -0.568. The predicted octanol–water partition coefficient (Wildman–Crippen LogP) is 2.45. The van der Waals surface area contributed by atoms with Crippen molar-refractivity contribution in [2.45, 2.75) is 31.4 Å². The Morgan fingerprint density at radius 3 is 2.68 bits per heavy atom. The van der Waals surface area contributed by atoms with Crippen LogP contribution in [0, 0.1) is 5.82 Å². The number of nitrogens with zero attached hydrogens (tertiary/aromatic N) is 1. The van der Waals surface area contributed by atoms with E-state index in [9.17, 15) is 9.18 Å². The van der Waals surface area contributed by atoms with Crippen LogP contribution in [-0.4, -0.2) is 28.4 Å². The topological polar surface area (TPSA) is 68.0 Å². The number of carbonyl (C=O) groups is 1. The molecule has 0 aliphatic rings. The van der Waals surface area contributed by atoms with Crippen LogP contribution >= 0.6 is 11.8 Å². The molecule has 0 saturated heterocycles. The zero-order valence-electron chi connectivity index (χ0n) is 11.5. The highest BCUT2D eigenvalue weighted by atomic mass is 32.2. The number of carbonyl (C=O) groups excluding carboxylic acids is 1. The highest BCUT2D eigenvalue weighted by Crippen LogP contribution is 2.29. The normalized spacial score (nSPS) is 11.4. The molecule has 0 fully saturated rings. The largest absolute Gasteiger partial charge is 0.383 e. The standard InChI is InChI=1S/C13H20FN3OS/c1-4-13(5-2,19-3)8-17-12(18)10-6-9(14)7-16-11(10)15/h6-7H,4-5,8H2,1-3H3,(H2,15,16)(H,17,18). The second-order valence-electron chi connectivity index (χ2n) is 4.36. The molecule has 106 valence electrons. The van der Waals surface area contributed by atoms with Crippen LogP contribution in [0.5, 0.6) is 0 Å². The number of amides is 1. The first-order valence-electron chi connectivity index (χ1n) is 6.22. The van der Waals surface area contributed by atoms with E-state index in [0.717, 1.165) is 25.1 Å². The first-order chi connectivity index (χ1) is 8.98. The molecule has 0 radical (unpaired) electrons. The van der Waals surface area contributed by atoms with Gasteiger partial charge in [0.1, 0.15) is 11.6 Å². The minimum Gasteiger partial charge on any atom is -0.383 e. The molecule has 1 heterocycles. The summed E-state index contributed by atoms with van der Waals surface area (Å²) in [5.41, 5.74) is 5.67. The van der Waals surface area contributed by atoms with Gasteiger partial charge in [-0.2, -0.15) is 11.8 Å². The number of pyridine rings is 1. The molecular formula is C13H20FN3OS. The summed E-state index contributed by atoms with van der Waals surface area (Å²) >= 11 is 1.73. The smallest absolute Gasteiger partial charge is 0.255 e. The molecule has 1 amide bonds. The lowest BCUT2D eigenvalue weighted by Crippen LogP contribution is -2.39. The summed E-state index contributed by atoms with van der Waals surface area (Å²) < 4.78 is 13.1. The van der Waals surface area contributed by atoms with Crippen molar-refractivity contribution < 1.29 is 9.18 Å². The highest BCUT2D eigenvalue weighted by Gasteiger charge is 2.26. The first-order valence-corrected chi connectivity index (χ1v) is 7.45. The maximum absolute atomic E-state index is 13.1. The molecule has 19 heavy (non-hydrogen) atoms. The number of thioether (sulfide) groups is 1. The summed E-state index contributed by atoms with van der Waals surface area (Å²) in [6.07, 6.45) is 4.91. The Bertz CT molecular complexity index is 441. The van der Waals surface area contributed by atoms with Crippen LogP contribution < -0.4 is 11.1 Å². The van der Waals surface area contributed by atoms with Crippen molar-refractivity contribution in [1.82, 2.24) is 10.3 Å². The van der Waals surface area contributed by atoms with Crippen LogP contribution in [0.25, 0.3) is 0 Å². The summed E-state index contributed by atoms with van der Waals surface area (Å²) in [5, 5.41) is 2.81. The molecule has 0 aliphatic heterocycles. The van der Waals surface area contributed by atoms with E-state index in [1.54, 1.807) is 11.8 Å². The molecule has 4 nitrogen and oxygen atoms in total. The highest BCUT2D eigenvalue weighted by molar-refractivity contribution is 8.00. The van der Waals surface area contributed by atoms with Crippen molar-refractivity contribution in [3.05, 3.63) is 23.6 Å². The third kappa shape index (κ3) is 3.83. The Balaban J connectivity index is 2.77. The third-order valence-electron chi connectivity index (χ3n) is 3.42. The monoisotopic (exact) mass is 285 g/mol. The Morgan fingerprint density at radius 2 is 2.16 bits per heavy atom. The number of hydrogen-bond donors (Lipinski definition) is 2. The number of nitrogens with two attached hydrogens (primary N) is 1. The molecular weight excluding hydrogens is 265 g/mol. The van der Waals surface area contributed by atoms with Gasteiger partial charge in [0.15, 0.2) is 0 Å². The Kier molecular flexibility index (Phi) is 5.60. The van der Waals surface area contributed by atoms with Gasteiger partial charge in [-0.25, -0.2) is 9.37 Å². The average Bonchev–Trinajstić information content (AvgIpc) is 2.43. The lowest BCUT2D eigenvalue weighted by molar-refractivity contribution is 0.0949. The van der Waals surface area contributed by atoms with E-state index in [1.165, 1.54) is 0 Å². The molecule has 0 spiro atoms. The van der Waals surface area contributed by atoms with Crippen LogP contribution in [0.3, 0.4) is 0 Å². The molecule has 0 aromatic carbocycles. The van der Waals surface area contributed by atoms with E-state index in [2.05, 4.69) is 24.1 Å². The second kappa shape index (κ2) is 6.75. The Hall–Kier alpha value is -1.30. The molecule has 1 aromatic heterocycles. The predicted molar refractivity (Wildman–Crippen MR) is 77.8 cm³/mol. The molecule has 0 saturated carbocycles. The molecule has 0 aliphatic carbocycles. The van der Waals surface area contributed by atoms with E-state index in [0.29, 0.717) is 6.54 Å². The van der Waals surface area contributed by atoms with Crippen molar-refractivity contribution in [2.75, 3.05) is 18.5 Å². The van der Waals surface area contributed by atoms with Gasteiger partial charge in [-0.3, -0.25) is 4.79 Å². The fourth-order valence-corrected chi connectivity index (χ4v) is 2.62. The molecule has 0 unspecified atom stereocenters. The lowest BCUT2D eigenvalue weighted by atomic mass is 10.0. The Morgan fingerprint density at radius 1 is 1.53 bits per heavy atom. The molecule has 3 N–H and O–H groups in total. The van der Waals surface area contributed by atoms with Gasteiger partial charge < -0.3 is 11.1 Å². The second-order valence-corrected chi connectivity index (χ2v) is 5.64. The van der Waals surface area contributed by atoms with Crippen LogP contribution in [0.4, 0.5) is 10.2 Å². The molecule has 1 aromatic rings. The summed E-state index contributed by atoms with van der Waals surface area (Å²) in [5.74, 6) is -0.909. The molecule has 0 atom stereocenters. The van der Waals surface area contributed by atoms with Gasteiger partial charge in [-0.1, -0.05) is 13.8 Å². The van der Waals surface area contributed by atoms with Gasteiger partial charge in [0, 0.05) is 11.3 Å². The lowest BCUT2D eigenvalue weighted by Gasteiger charge is -2.29. The van der Waals surface area contributed by atoms with Gasteiger partial charge >= 0.3 is 0 Å². The van der Waals surface area contributed by atoms with Gasteiger partial charge in [0.2, 0.25) is 0 Å². The number of halogens is 1. The van der Waals surface area contributed by atoms with Crippen molar-refractivity contribution >= 4 is 23.5 Å². The van der Waals surface area contributed by atoms with Crippen LogP contribution in [0.1, 0.15) is 37.0 Å². The van der Waals surface area contributed by atoms with E-state index in [1.807, 2.05) is 6.26 Å². The molecule has 0 bridgehead atoms. The van der Waals surface area contributed by atoms with Crippen LogP contribution in [-0.2, 0) is 0 Å². The van der Waals surface area contributed by atoms with Crippen molar-refractivity contribution in [3.63, 3.8) is 0 Å². The number of anilines is 1. The van der Waals surface area contributed by atoms with E-state index >= 15 is 0 Å². The summed E-state index contributed by atoms with van der Waals surface area (Å²) in [6, 6.07) is 1.11. The average molecular weight is 285 g/mol. The fraction of sp³-hybridized carbons (Fsp3) is 0.538. The SMILES string of the molecule is CCC(CC)(CNC(=O)c1cc(F)cnc1N)SC. The maximum atomic E-state index is 13.1. The third-order valence-corrected chi connectivity index (χ3v) is 5.01. The maximum Gasteiger partial charge on any atom is 0.255 e. The summed E-state index contributed by atoms with van der Waals surface area (Å²) in [6.45, 7) is 4.70. The summed E-state index contributed by atoms with van der Waals surface area (Å²) in [4.78, 5) is 15.6. The van der Waals surface area contributed by atoms with Crippen LogP contribution in [0.15, 0.2) is 12.3 Å². The van der Waals surface area contributed by atoms with Gasteiger partial charge in [0.25, 0.3) is 5.91 Å². The van der Waals surface area contributed by atoms with Gasteiger partial charge in [0.05, 0.1) is 11.8 Å². The minimum absolute atomic E-state index is 0.00513. The number of nitrogen functional groups attached to an aromatic ring is 1. The van der Waals surface area contributed by atoms with Gasteiger partial charge in [-0.05, 0) is 25.2 Å². The number of hydrogen-bond acceptors (Lipinski definition) is 4. The zero-order valence-corrected chi connectivity index (χ0v) is 12.3. The van der Waals surface area contributed by atoms with Crippen molar-refractivity contribution in [3.8, 4) is 0 Å². The number of rotatable bonds is 6. The quantitative estimate of drug-likeness (QED) is 0.842. The van der Waals surface area contributed by atoms with Crippen molar-refractivity contribution in [2.24, 2.45) is 0 Å². The van der Waals surface area contributed by atoms with E-state index < -0.39 is 5.82 Å². The first kappa shape index (κ1) is 15.8. The fourth-order valence-electron chi connectivity index (χ4n) is 1.83. The van der Waals surface area contributed by atoms with E-state index in [4.69, 9.17) is 5.73 Å². The van der Waals surface area contributed by atoms with Gasteiger partial charge in [-0.15, -0.1) is 0 Å².